The van der Waals surface area contributed by atoms with Crippen LogP contribution in [0, 0.1) is 0 Å². The average Bonchev–Trinajstić information content (AvgIpc) is 3.05. The highest BCUT2D eigenvalue weighted by Crippen LogP contribution is 2.33. The first-order valence-electron chi connectivity index (χ1n) is 10.2. The van der Waals surface area contributed by atoms with Crippen LogP contribution in [0.5, 0.6) is 5.75 Å². The summed E-state index contributed by atoms with van der Waals surface area (Å²) < 4.78 is 5.24. The number of hydrogen-bond acceptors (Lipinski definition) is 4. The number of para-hydroxylation sites is 2. The molecule has 1 aliphatic heterocycles. The van der Waals surface area contributed by atoms with Gasteiger partial charge in [0.1, 0.15) is 12.3 Å². The van der Waals surface area contributed by atoms with E-state index >= 15 is 0 Å². The third-order valence-corrected chi connectivity index (χ3v) is 5.44. The number of nitrogens with one attached hydrogen (secondary N) is 2. The number of imide groups is 1. The van der Waals surface area contributed by atoms with Crippen molar-refractivity contribution in [1.82, 2.24) is 10.2 Å². The van der Waals surface area contributed by atoms with Crippen LogP contribution < -0.4 is 15.4 Å². The molecule has 7 nitrogen and oxygen atoms in total. The summed E-state index contributed by atoms with van der Waals surface area (Å²) in [5.74, 6) is -0.477. The highest BCUT2D eigenvalue weighted by Gasteiger charge is 2.52. The lowest BCUT2D eigenvalue weighted by molar-refractivity contribution is -0.134. The fourth-order valence-electron chi connectivity index (χ4n) is 3.89. The summed E-state index contributed by atoms with van der Waals surface area (Å²) in [6.45, 7) is -0.411. The van der Waals surface area contributed by atoms with E-state index in [1.54, 1.807) is 36.4 Å². The Labute approximate surface area is 186 Å². The van der Waals surface area contributed by atoms with Crippen molar-refractivity contribution in [2.24, 2.45) is 0 Å². The summed E-state index contributed by atoms with van der Waals surface area (Å²) in [7, 11) is 1.50. The Bertz CT molecular complexity index is 1130. The molecular formula is C25H23N3O4. The summed E-state index contributed by atoms with van der Waals surface area (Å²) in [5, 5.41) is 5.57. The van der Waals surface area contributed by atoms with Gasteiger partial charge in [0.05, 0.1) is 12.8 Å². The maximum absolute atomic E-state index is 13.6. The lowest BCUT2D eigenvalue weighted by atomic mass is 9.83. The normalized spacial score (nSPS) is 17.7. The van der Waals surface area contributed by atoms with E-state index in [1.807, 2.05) is 48.5 Å². The molecule has 32 heavy (non-hydrogen) atoms. The summed E-state index contributed by atoms with van der Waals surface area (Å²) in [5.41, 5.74) is 0.732. The van der Waals surface area contributed by atoms with Gasteiger partial charge < -0.3 is 15.4 Å². The van der Waals surface area contributed by atoms with Crippen LogP contribution in [0.3, 0.4) is 0 Å². The van der Waals surface area contributed by atoms with Gasteiger partial charge in [-0.05, 0) is 23.3 Å². The number of ether oxygens (including phenoxy) is 1. The largest absolute Gasteiger partial charge is 0.495 e. The van der Waals surface area contributed by atoms with Crippen molar-refractivity contribution in [3.8, 4) is 5.75 Å². The lowest BCUT2D eigenvalue weighted by Gasteiger charge is -2.27. The van der Waals surface area contributed by atoms with E-state index in [9.17, 15) is 14.4 Å². The number of carbonyl (C=O) groups excluding carboxylic acids is 3. The van der Waals surface area contributed by atoms with E-state index in [0.29, 0.717) is 17.0 Å². The molecule has 2 N–H and O–H groups in total. The molecule has 0 bridgehead atoms. The van der Waals surface area contributed by atoms with Crippen molar-refractivity contribution >= 4 is 23.5 Å². The average molecular weight is 429 g/mol. The molecule has 3 aromatic rings. The Balaban J connectivity index is 1.60. The summed E-state index contributed by atoms with van der Waals surface area (Å²) in [4.78, 5) is 40.1. The van der Waals surface area contributed by atoms with Crippen LogP contribution in [0.15, 0.2) is 84.9 Å². The first-order valence-corrected chi connectivity index (χ1v) is 10.2. The Morgan fingerprint density at radius 2 is 1.56 bits per heavy atom. The van der Waals surface area contributed by atoms with E-state index in [1.165, 1.54) is 7.11 Å². The molecule has 162 valence electrons. The molecule has 0 radical (unpaired) electrons. The number of anilines is 1. The maximum Gasteiger partial charge on any atom is 0.325 e. The van der Waals surface area contributed by atoms with Gasteiger partial charge in [-0.3, -0.25) is 14.5 Å². The van der Waals surface area contributed by atoms with E-state index in [4.69, 9.17) is 4.74 Å². The van der Waals surface area contributed by atoms with Crippen molar-refractivity contribution in [2.45, 2.75) is 12.0 Å². The molecule has 0 unspecified atom stereocenters. The minimum absolute atomic E-state index is 0.271. The summed E-state index contributed by atoms with van der Waals surface area (Å²) in [6, 6.07) is 24.9. The number of rotatable bonds is 7. The molecule has 7 heteroatoms. The van der Waals surface area contributed by atoms with Gasteiger partial charge in [0.15, 0.2) is 5.54 Å². The second-order valence-electron chi connectivity index (χ2n) is 7.50. The monoisotopic (exact) mass is 429 g/mol. The fourth-order valence-corrected chi connectivity index (χ4v) is 3.89. The minimum Gasteiger partial charge on any atom is -0.495 e. The van der Waals surface area contributed by atoms with Crippen LogP contribution in [0.2, 0.25) is 0 Å². The number of benzene rings is 3. The molecule has 0 aromatic heterocycles. The molecule has 0 saturated carbocycles. The molecule has 4 amide bonds. The van der Waals surface area contributed by atoms with Crippen LogP contribution in [-0.4, -0.2) is 36.4 Å². The van der Waals surface area contributed by atoms with Gasteiger partial charge in [-0.15, -0.1) is 0 Å². The van der Waals surface area contributed by atoms with Gasteiger partial charge in [0, 0.05) is 6.42 Å². The van der Waals surface area contributed by atoms with Crippen LogP contribution in [0.25, 0.3) is 0 Å². The van der Waals surface area contributed by atoms with Crippen molar-refractivity contribution in [3.63, 3.8) is 0 Å². The van der Waals surface area contributed by atoms with Gasteiger partial charge in [0.25, 0.3) is 5.91 Å². The number of nitrogens with zero attached hydrogens (tertiary/aromatic N) is 1. The predicted octanol–water partition coefficient (Wildman–Crippen LogP) is 3.32. The Hall–Kier alpha value is -4.13. The summed E-state index contributed by atoms with van der Waals surface area (Å²) >= 11 is 0. The van der Waals surface area contributed by atoms with E-state index in [-0.39, 0.29) is 6.42 Å². The second kappa shape index (κ2) is 8.93. The van der Waals surface area contributed by atoms with Crippen LogP contribution in [-0.2, 0) is 21.5 Å². The van der Waals surface area contributed by atoms with Gasteiger partial charge in [0.2, 0.25) is 5.91 Å². The number of methoxy groups -OCH3 is 1. The van der Waals surface area contributed by atoms with Gasteiger partial charge in [-0.2, -0.15) is 0 Å². The molecule has 1 heterocycles. The topological polar surface area (TPSA) is 87.7 Å². The zero-order chi connectivity index (χ0) is 22.6. The molecule has 1 saturated heterocycles. The third-order valence-electron chi connectivity index (χ3n) is 5.44. The quantitative estimate of drug-likeness (QED) is 0.564. The van der Waals surface area contributed by atoms with E-state index in [0.717, 1.165) is 10.5 Å². The highest BCUT2D eigenvalue weighted by molar-refractivity contribution is 6.10. The number of amides is 4. The van der Waals surface area contributed by atoms with Crippen molar-refractivity contribution in [1.29, 1.82) is 0 Å². The summed E-state index contributed by atoms with van der Waals surface area (Å²) in [6.07, 6.45) is 0.271. The van der Waals surface area contributed by atoms with Gasteiger partial charge in [-0.1, -0.05) is 72.8 Å². The molecule has 4 rings (SSSR count). The molecule has 0 aliphatic carbocycles. The predicted molar refractivity (Wildman–Crippen MR) is 120 cm³/mol. The number of hydrogen-bond donors (Lipinski definition) is 2. The minimum atomic E-state index is -1.29. The molecule has 0 spiro atoms. The molecule has 1 aliphatic rings. The maximum atomic E-state index is 13.6. The third kappa shape index (κ3) is 4.05. The lowest BCUT2D eigenvalue weighted by Crippen LogP contribution is -2.46. The Morgan fingerprint density at radius 3 is 2.25 bits per heavy atom. The van der Waals surface area contributed by atoms with E-state index in [2.05, 4.69) is 10.6 Å². The van der Waals surface area contributed by atoms with Gasteiger partial charge in [-0.25, -0.2) is 4.79 Å². The first kappa shape index (κ1) is 21.1. The van der Waals surface area contributed by atoms with Crippen molar-refractivity contribution in [2.75, 3.05) is 19.0 Å². The van der Waals surface area contributed by atoms with Gasteiger partial charge >= 0.3 is 6.03 Å². The molecule has 3 aromatic carbocycles. The van der Waals surface area contributed by atoms with Crippen LogP contribution in [0.1, 0.15) is 11.1 Å². The fraction of sp³-hybridized carbons (Fsp3) is 0.160. The van der Waals surface area contributed by atoms with Crippen LogP contribution in [0.4, 0.5) is 10.5 Å². The van der Waals surface area contributed by atoms with E-state index < -0.39 is 29.9 Å². The number of carbonyl (C=O) groups is 3. The SMILES string of the molecule is COc1ccccc1NC(=O)CN1C(=O)N[C@](Cc2ccccc2)(c2ccccc2)C1=O. The second-order valence-corrected chi connectivity index (χ2v) is 7.50. The smallest absolute Gasteiger partial charge is 0.325 e. The molecule has 1 atom stereocenters. The van der Waals surface area contributed by atoms with Crippen molar-refractivity contribution < 1.29 is 19.1 Å². The Kier molecular flexibility index (Phi) is 5.89. The standard InChI is InChI=1S/C25H23N3O4/c1-32-21-15-9-8-14-20(21)26-22(29)17-28-23(30)25(27-24(28)31,19-12-6-3-7-13-19)16-18-10-4-2-5-11-18/h2-15H,16-17H2,1H3,(H,26,29)(H,27,31)/t25-/m1/s1. The molecular weight excluding hydrogens is 406 g/mol. The van der Waals surface area contributed by atoms with Crippen LogP contribution >= 0.6 is 0 Å². The van der Waals surface area contributed by atoms with Crippen molar-refractivity contribution in [3.05, 3.63) is 96.1 Å². The molecule has 1 fully saturated rings. The number of urea groups is 1. The zero-order valence-electron chi connectivity index (χ0n) is 17.6. The first-order chi connectivity index (χ1) is 15.5. The highest BCUT2D eigenvalue weighted by atomic mass is 16.5. The Morgan fingerprint density at radius 1 is 0.938 bits per heavy atom. The zero-order valence-corrected chi connectivity index (χ0v) is 17.6.